The van der Waals surface area contributed by atoms with E-state index in [0.717, 1.165) is 35.3 Å². The minimum Gasteiger partial charge on any atom is -0.390 e. The lowest BCUT2D eigenvalue weighted by Gasteiger charge is -2.40. The van der Waals surface area contributed by atoms with Crippen molar-refractivity contribution in [3.63, 3.8) is 0 Å². The minimum atomic E-state index is -3.72. The Morgan fingerprint density at radius 2 is 1.58 bits per heavy atom. The van der Waals surface area contributed by atoms with E-state index in [-0.39, 0.29) is 17.5 Å². The molecule has 10 heteroatoms. The van der Waals surface area contributed by atoms with Crippen molar-refractivity contribution in [2.45, 2.75) is 55.3 Å². The van der Waals surface area contributed by atoms with Crippen molar-refractivity contribution >= 4 is 21.7 Å². The van der Waals surface area contributed by atoms with Crippen molar-refractivity contribution < 1.29 is 13.5 Å². The second-order valence-corrected chi connectivity index (χ2v) is 12.5. The molecule has 9 nitrogen and oxygen atoms in total. The fourth-order valence-electron chi connectivity index (χ4n) is 4.99. The molecule has 1 saturated heterocycles. The Kier molecular flexibility index (Phi) is 7.67. The SMILES string of the molecule is Cc1ccc(N[C@@H]2CCN(S(=O)(=O)c3ccc(-c4ccc(N[C@H]5C[C@@H](N(C)C)C5)nc4)cc3)C[C@@H]2O)nc1. The number of aliphatic hydroxyl groups is 1. The maximum absolute atomic E-state index is 13.3. The van der Waals surface area contributed by atoms with Crippen LogP contribution in [0.25, 0.3) is 11.1 Å². The molecule has 2 atom stereocenters. The molecule has 0 amide bonds. The standard InChI is InChI=1S/C28H36N6O3S/c1-19-4-10-28(29-16-19)32-25-12-13-34(18-26(25)35)38(36,37)24-8-5-20(6-9-24)21-7-11-27(30-17-21)31-22-14-23(15-22)33(2)3/h4-11,16-17,22-23,25-26,35H,12-15,18H2,1-3H3,(H,29,32)(H,30,31)/t22-,23+,25-,26+/m1/s1. The summed E-state index contributed by atoms with van der Waals surface area (Å²) in [5, 5.41) is 17.4. The van der Waals surface area contributed by atoms with Gasteiger partial charge in [0.2, 0.25) is 10.0 Å². The van der Waals surface area contributed by atoms with Crippen LogP contribution in [0.2, 0.25) is 0 Å². The predicted molar refractivity (Wildman–Crippen MR) is 150 cm³/mol. The third-order valence-corrected chi connectivity index (χ3v) is 9.45. The van der Waals surface area contributed by atoms with Gasteiger partial charge in [0, 0.05) is 43.1 Å². The highest BCUT2D eigenvalue weighted by molar-refractivity contribution is 7.89. The van der Waals surface area contributed by atoms with Crippen molar-refractivity contribution in [2.24, 2.45) is 0 Å². The van der Waals surface area contributed by atoms with Crippen LogP contribution in [-0.2, 0) is 10.0 Å². The Morgan fingerprint density at radius 1 is 0.921 bits per heavy atom. The van der Waals surface area contributed by atoms with Gasteiger partial charge in [0.1, 0.15) is 11.6 Å². The fraction of sp³-hybridized carbons (Fsp3) is 0.429. The van der Waals surface area contributed by atoms with E-state index < -0.39 is 16.1 Å². The smallest absolute Gasteiger partial charge is 0.243 e. The van der Waals surface area contributed by atoms with E-state index in [2.05, 4.69) is 39.6 Å². The van der Waals surface area contributed by atoms with Gasteiger partial charge in [0.25, 0.3) is 0 Å². The number of rotatable bonds is 8. The Balaban J connectivity index is 1.18. The number of β-amino-alcohol motifs (C(OH)–C–C–N with tert-alkyl or cyclic N) is 1. The Hall–Kier alpha value is -3.05. The van der Waals surface area contributed by atoms with Crippen molar-refractivity contribution in [2.75, 3.05) is 37.8 Å². The largest absolute Gasteiger partial charge is 0.390 e. The Morgan fingerprint density at radius 3 is 2.18 bits per heavy atom. The molecule has 5 rings (SSSR count). The topological polar surface area (TPSA) is 111 Å². The maximum Gasteiger partial charge on any atom is 0.243 e. The van der Waals surface area contributed by atoms with Crippen LogP contribution >= 0.6 is 0 Å². The van der Waals surface area contributed by atoms with Crippen LogP contribution in [0.3, 0.4) is 0 Å². The van der Waals surface area contributed by atoms with Gasteiger partial charge >= 0.3 is 0 Å². The summed E-state index contributed by atoms with van der Waals surface area (Å²) >= 11 is 0. The molecule has 2 fully saturated rings. The lowest BCUT2D eigenvalue weighted by Crippen LogP contribution is -2.51. The van der Waals surface area contributed by atoms with E-state index in [1.165, 1.54) is 4.31 Å². The normalized spacial score (nSPS) is 24.1. The number of nitrogens with zero attached hydrogens (tertiary/aromatic N) is 4. The summed E-state index contributed by atoms with van der Waals surface area (Å²) in [7, 11) is 0.497. The average Bonchev–Trinajstić information content (AvgIpc) is 2.88. The lowest BCUT2D eigenvalue weighted by molar-refractivity contribution is 0.0949. The van der Waals surface area contributed by atoms with Crippen LogP contribution in [0, 0.1) is 6.92 Å². The van der Waals surface area contributed by atoms with Crippen molar-refractivity contribution in [1.29, 1.82) is 0 Å². The second kappa shape index (κ2) is 11.0. The molecule has 0 unspecified atom stereocenters. The number of piperidine rings is 1. The van der Waals surface area contributed by atoms with Crippen molar-refractivity contribution in [1.82, 2.24) is 19.2 Å². The summed E-state index contributed by atoms with van der Waals surface area (Å²) < 4.78 is 27.9. The summed E-state index contributed by atoms with van der Waals surface area (Å²) in [5.74, 6) is 1.52. The molecule has 0 radical (unpaired) electrons. The van der Waals surface area contributed by atoms with Gasteiger partial charge in [-0.05, 0) is 81.7 Å². The number of benzene rings is 1. The number of sulfonamides is 1. The quantitative estimate of drug-likeness (QED) is 0.403. The van der Waals surface area contributed by atoms with Gasteiger partial charge < -0.3 is 20.6 Å². The van der Waals surface area contributed by atoms with Gasteiger partial charge in [-0.2, -0.15) is 4.31 Å². The fourth-order valence-corrected chi connectivity index (χ4v) is 6.46. The lowest BCUT2D eigenvalue weighted by atomic mass is 9.86. The van der Waals surface area contributed by atoms with E-state index in [4.69, 9.17) is 0 Å². The molecule has 1 aromatic carbocycles. The van der Waals surface area contributed by atoms with Gasteiger partial charge in [-0.25, -0.2) is 18.4 Å². The minimum absolute atomic E-state index is 0.0300. The summed E-state index contributed by atoms with van der Waals surface area (Å²) in [4.78, 5) is 11.3. The first-order valence-corrected chi connectivity index (χ1v) is 14.5. The first kappa shape index (κ1) is 26.6. The number of hydrogen-bond donors (Lipinski definition) is 3. The van der Waals surface area contributed by atoms with E-state index in [1.807, 2.05) is 37.4 Å². The van der Waals surface area contributed by atoms with Crippen molar-refractivity contribution in [3.05, 3.63) is 66.5 Å². The molecule has 3 heterocycles. The summed E-state index contributed by atoms with van der Waals surface area (Å²) in [6.07, 6.45) is 5.44. The maximum atomic E-state index is 13.3. The van der Waals surface area contributed by atoms with Crippen molar-refractivity contribution in [3.8, 4) is 11.1 Å². The zero-order chi connectivity index (χ0) is 26.9. The van der Waals surface area contributed by atoms with Crippen LogP contribution in [0.15, 0.2) is 65.8 Å². The molecule has 3 N–H and O–H groups in total. The van der Waals surface area contributed by atoms with Crippen LogP contribution in [-0.4, -0.2) is 84.1 Å². The first-order chi connectivity index (χ1) is 18.2. The van der Waals surface area contributed by atoms with Crippen LogP contribution in [0.4, 0.5) is 11.6 Å². The van der Waals surface area contributed by atoms with E-state index in [1.54, 1.807) is 30.5 Å². The summed E-state index contributed by atoms with van der Waals surface area (Å²) in [5.41, 5.74) is 2.87. The highest BCUT2D eigenvalue weighted by Crippen LogP contribution is 2.28. The van der Waals surface area contributed by atoms with Crippen LogP contribution in [0.5, 0.6) is 0 Å². The zero-order valence-corrected chi connectivity index (χ0v) is 22.9. The molecule has 1 saturated carbocycles. The molecule has 3 aromatic rings. The number of pyridine rings is 2. The first-order valence-electron chi connectivity index (χ1n) is 13.1. The van der Waals surface area contributed by atoms with Crippen LogP contribution < -0.4 is 10.6 Å². The molecule has 1 aliphatic heterocycles. The average molecular weight is 537 g/mol. The predicted octanol–water partition coefficient (Wildman–Crippen LogP) is 3.19. The van der Waals surface area contributed by atoms with Gasteiger partial charge in [0.15, 0.2) is 0 Å². The van der Waals surface area contributed by atoms with Gasteiger partial charge in [-0.3, -0.25) is 0 Å². The second-order valence-electron chi connectivity index (χ2n) is 10.6. The highest BCUT2D eigenvalue weighted by Gasteiger charge is 2.35. The van der Waals surface area contributed by atoms with Gasteiger partial charge in [0.05, 0.1) is 17.0 Å². The monoisotopic (exact) mass is 536 g/mol. The number of hydrogen-bond acceptors (Lipinski definition) is 8. The number of anilines is 2. The molecule has 2 aliphatic rings. The zero-order valence-electron chi connectivity index (χ0n) is 22.1. The number of aryl methyl sites for hydroxylation is 1. The number of aliphatic hydroxyl groups excluding tert-OH is 1. The Bertz CT molecular complexity index is 1320. The molecule has 0 bridgehead atoms. The summed E-state index contributed by atoms with van der Waals surface area (Å²) in [6, 6.07) is 15.4. The highest BCUT2D eigenvalue weighted by atomic mass is 32.2. The molecular formula is C28H36N6O3S. The molecule has 0 spiro atoms. The van der Waals surface area contributed by atoms with Crippen LogP contribution in [0.1, 0.15) is 24.8 Å². The van der Waals surface area contributed by atoms with Gasteiger partial charge in [-0.15, -0.1) is 0 Å². The third-order valence-electron chi connectivity index (χ3n) is 7.57. The number of aromatic nitrogens is 2. The molecule has 2 aromatic heterocycles. The van der Waals surface area contributed by atoms with E-state index in [0.29, 0.717) is 30.9 Å². The molecule has 1 aliphatic carbocycles. The Labute approximate surface area is 225 Å². The third kappa shape index (κ3) is 5.83. The van der Waals surface area contributed by atoms with E-state index >= 15 is 0 Å². The molecular weight excluding hydrogens is 500 g/mol. The number of nitrogens with one attached hydrogen (secondary N) is 2. The molecule has 38 heavy (non-hydrogen) atoms. The molecule has 202 valence electrons. The van der Waals surface area contributed by atoms with Gasteiger partial charge in [-0.1, -0.05) is 18.2 Å². The van der Waals surface area contributed by atoms with E-state index in [9.17, 15) is 13.5 Å². The summed E-state index contributed by atoms with van der Waals surface area (Å²) in [6.45, 7) is 2.31.